The quantitative estimate of drug-likeness (QED) is 0.748. The summed E-state index contributed by atoms with van der Waals surface area (Å²) in [5.41, 5.74) is 4.15. The van der Waals surface area contributed by atoms with Crippen LogP contribution < -0.4 is 4.74 Å². The first-order valence-electron chi connectivity index (χ1n) is 5.73. The average Bonchev–Trinajstić information content (AvgIpc) is 2.82. The molecule has 0 saturated carbocycles. The maximum absolute atomic E-state index is 5.05. The third kappa shape index (κ3) is 1.72. The highest BCUT2D eigenvalue weighted by Gasteiger charge is 2.08. The second kappa shape index (κ2) is 4.14. The molecule has 1 N–H and O–H groups in total. The molecule has 0 fully saturated rings. The topological polar surface area (TPSA) is 50.8 Å². The molecule has 0 bridgehead atoms. The van der Waals surface area contributed by atoms with Gasteiger partial charge < -0.3 is 4.74 Å². The molecule has 0 aliphatic heterocycles. The number of ether oxygens (including phenoxy) is 1. The van der Waals surface area contributed by atoms with Crippen LogP contribution in [0.15, 0.2) is 36.5 Å². The molecule has 0 unspecified atom stereocenters. The Morgan fingerprint density at radius 3 is 2.78 bits per heavy atom. The lowest BCUT2D eigenvalue weighted by molar-refractivity contribution is 0.398. The van der Waals surface area contributed by atoms with Crippen LogP contribution in [0.3, 0.4) is 0 Å². The van der Waals surface area contributed by atoms with E-state index < -0.39 is 0 Å². The van der Waals surface area contributed by atoms with Gasteiger partial charge in [-0.3, -0.25) is 5.10 Å². The molecule has 1 aromatic carbocycles. The molecular weight excluding hydrogens is 226 g/mol. The van der Waals surface area contributed by atoms with Crippen LogP contribution in [0.5, 0.6) is 5.88 Å². The standard InChI is InChI=1S/C14H13N3O/c1-9-3-5-12-11(7-9)14(17-16-12)10-4-6-13(18-2)15-8-10/h3-8H,1-2H3,(H,16,17). The van der Waals surface area contributed by atoms with E-state index in [1.807, 2.05) is 18.2 Å². The van der Waals surface area contributed by atoms with Crippen molar-refractivity contribution in [2.24, 2.45) is 0 Å². The average molecular weight is 239 g/mol. The highest BCUT2D eigenvalue weighted by molar-refractivity contribution is 5.93. The Morgan fingerprint density at radius 1 is 1.17 bits per heavy atom. The number of aryl methyl sites for hydroxylation is 1. The van der Waals surface area contributed by atoms with Crippen LogP contribution in [0.4, 0.5) is 0 Å². The third-order valence-electron chi connectivity index (χ3n) is 2.94. The monoisotopic (exact) mass is 239 g/mol. The van der Waals surface area contributed by atoms with Crippen LogP contribution in [-0.4, -0.2) is 22.3 Å². The van der Waals surface area contributed by atoms with Crippen molar-refractivity contribution >= 4 is 10.9 Å². The SMILES string of the molecule is COc1ccc(-c2n[nH]c3ccc(C)cc23)cn1. The fourth-order valence-electron chi connectivity index (χ4n) is 1.99. The summed E-state index contributed by atoms with van der Waals surface area (Å²) in [6.07, 6.45) is 1.77. The second-order valence-corrected chi connectivity index (χ2v) is 4.21. The normalized spacial score (nSPS) is 10.8. The molecule has 0 aliphatic carbocycles. The zero-order valence-electron chi connectivity index (χ0n) is 10.3. The summed E-state index contributed by atoms with van der Waals surface area (Å²) in [4.78, 5) is 4.21. The lowest BCUT2D eigenvalue weighted by atomic mass is 10.1. The fourth-order valence-corrected chi connectivity index (χ4v) is 1.99. The van der Waals surface area contributed by atoms with E-state index in [4.69, 9.17) is 4.74 Å². The van der Waals surface area contributed by atoms with Gasteiger partial charge in [0.2, 0.25) is 5.88 Å². The number of aromatic amines is 1. The van der Waals surface area contributed by atoms with Gasteiger partial charge in [0.25, 0.3) is 0 Å². The van der Waals surface area contributed by atoms with Crippen LogP contribution in [0.2, 0.25) is 0 Å². The van der Waals surface area contributed by atoms with Gasteiger partial charge in [0.15, 0.2) is 0 Å². The summed E-state index contributed by atoms with van der Waals surface area (Å²) in [6.45, 7) is 2.07. The number of nitrogens with zero attached hydrogens (tertiary/aromatic N) is 2. The molecule has 0 spiro atoms. The van der Waals surface area contributed by atoms with Gasteiger partial charge in [-0.25, -0.2) is 4.98 Å². The Labute approximate surface area is 105 Å². The highest BCUT2D eigenvalue weighted by atomic mass is 16.5. The minimum atomic E-state index is 0.606. The van der Waals surface area contributed by atoms with Gasteiger partial charge in [-0.2, -0.15) is 5.10 Å². The molecule has 0 aliphatic rings. The Bertz CT molecular complexity index is 686. The maximum atomic E-state index is 5.05. The summed E-state index contributed by atoms with van der Waals surface area (Å²) in [5, 5.41) is 8.50. The van der Waals surface area contributed by atoms with E-state index in [1.165, 1.54) is 5.56 Å². The molecule has 2 aromatic heterocycles. The van der Waals surface area contributed by atoms with Crippen LogP contribution in [-0.2, 0) is 0 Å². The van der Waals surface area contributed by atoms with E-state index >= 15 is 0 Å². The first-order chi connectivity index (χ1) is 8.78. The molecule has 18 heavy (non-hydrogen) atoms. The highest BCUT2D eigenvalue weighted by Crippen LogP contribution is 2.27. The summed E-state index contributed by atoms with van der Waals surface area (Å²) in [5.74, 6) is 0.606. The largest absolute Gasteiger partial charge is 0.481 e. The van der Waals surface area contributed by atoms with Crippen molar-refractivity contribution in [3.8, 4) is 17.1 Å². The van der Waals surface area contributed by atoms with Gasteiger partial charge >= 0.3 is 0 Å². The molecule has 90 valence electrons. The van der Waals surface area contributed by atoms with E-state index in [0.29, 0.717) is 5.88 Å². The predicted octanol–water partition coefficient (Wildman–Crippen LogP) is 2.94. The molecular formula is C14H13N3O. The van der Waals surface area contributed by atoms with Crippen LogP contribution >= 0.6 is 0 Å². The molecule has 2 heterocycles. The van der Waals surface area contributed by atoms with Gasteiger partial charge in [0.1, 0.15) is 5.69 Å². The van der Waals surface area contributed by atoms with Gasteiger partial charge in [0.05, 0.1) is 12.6 Å². The fraction of sp³-hybridized carbons (Fsp3) is 0.143. The number of pyridine rings is 1. The van der Waals surface area contributed by atoms with Gasteiger partial charge in [-0.15, -0.1) is 0 Å². The van der Waals surface area contributed by atoms with Crippen LogP contribution in [0, 0.1) is 6.92 Å². The van der Waals surface area contributed by atoms with Gasteiger partial charge in [-0.1, -0.05) is 11.6 Å². The molecule has 0 radical (unpaired) electrons. The minimum absolute atomic E-state index is 0.606. The lowest BCUT2D eigenvalue weighted by Gasteiger charge is -2.00. The van der Waals surface area contributed by atoms with Crippen molar-refractivity contribution in [1.82, 2.24) is 15.2 Å². The number of methoxy groups -OCH3 is 1. The number of hydrogen-bond acceptors (Lipinski definition) is 3. The zero-order chi connectivity index (χ0) is 12.5. The third-order valence-corrected chi connectivity index (χ3v) is 2.94. The van der Waals surface area contributed by atoms with E-state index in [2.05, 4.69) is 34.2 Å². The van der Waals surface area contributed by atoms with Crippen LogP contribution in [0.25, 0.3) is 22.2 Å². The summed E-state index contributed by atoms with van der Waals surface area (Å²) in [7, 11) is 1.61. The van der Waals surface area contributed by atoms with Crippen LogP contribution in [0.1, 0.15) is 5.56 Å². The van der Waals surface area contributed by atoms with Crippen molar-refractivity contribution in [2.45, 2.75) is 6.92 Å². The zero-order valence-corrected chi connectivity index (χ0v) is 10.3. The van der Waals surface area contributed by atoms with Crippen molar-refractivity contribution < 1.29 is 4.74 Å². The van der Waals surface area contributed by atoms with Crippen molar-refractivity contribution in [2.75, 3.05) is 7.11 Å². The summed E-state index contributed by atoms with van der Waals surface area (Å²) >= 11 is 0. The molecule has 4 heteroatoms. The number of benzene rings is 1. The van der Waals surface area contributed by atoms with Crippen molar-refractivity contribution in [3.63, 3.8) is 0 Å². The van der Waals surface area contributed by atoms with Gasteiger partial charge in [-0.05, 0) is 25.1 Å². The van der Waals surface area contributed by atoms with E-state index in [-0.39, 0.29) is 0 Å². The predicted molar refractivity (Wildman–Crippen MR) is 70.6 cm³/mol. The first-order valence-corrected chi connectivity index (χ1v) is 5.73. The van der Waals surface area contributed by atoms with E-state index in [0.717, 1.165) is 22.2 Å². The molecule has 0 amide bonds. The molecule has 0 saturated heterocycles. The Kier molecular flexibility index (Phi) is 2.48. The first kappa shape index (κ1) is 10.8. The number of nitrogens with one attached hydrogen (secondary N) is 1. The molecule has 3 aromatic rings. The van der Waals surface area contributed by atoms with Crippen molar-refractivity contribution in [1.29, 1.82) is 0 Å². The summed E-state index contributed by atoms with van der Waals surface area (Å²) < 4.78 is 5.05. The molecule has 4 nitrogen and oxygen atoms in total. The Morgan fingerprint density at radius 2 is 2.06 bits per heavy atom. The summed E-state index contributed by atoms with van der Waals surface area (Å²) in [6, 6.07) is 10.0. The number of rotatable bonds is 2. The Balaban J connectivity index is 2.15. The number of hydrogen-bond donors (Lipinski definition) is 1. The number of fused-ring (bicyclic) bond motifs is 1. The smallest absolute Gasteiger partial charge is 0.212 e. The molecule has 0 atom stereocenters. The van der Waals surface area contributed by atoms with E-state index in [1.54, 1.807) is 13.3 Å². The number of H-pyrrole nitrogens is 1. The Hall–Kier alpha value is -2.36. The maximum Gasteiger partial charge on any atom is 0.212 e. The van der Waals surface area contributed by atoms with Gasteiger partial charge in [0, 0.05) is 23.2 Å². The van der Waals surface area contributed by atoms with Crippen molar-refractivity contribution in [3.05, 3.63) is 42.1 Å². The second-order valence-electron chi connectivity index (χ2n) is 4.21. The minimum Gasteiger partial charge on any atom is -0.481 e. The molecule has 3 rings (SSSR count). The van der Waals surface area contributed by atoms with E-state index in [9.17, 15) is 0 Å². The lowest BCUT2D eigenvalue weighted by Crippen LogP contribution is -1.87. The number of aromatic nitrogens is 3.